The highest BCUT2D eigenvalue weighted by molar-refractivity contribution is 4.76. The Morgan fingerprint density at radius 1 is 1.56 bits per heavy atom. The lowest BCUT2D eigenvalue weighted by Crippen LogP contribution is -2.38. The fourth-order valence-corrected chi connectivity index (χ4v) is 2.43. The highest BCUT2D eigenvalue weighted by Crippen LogP contribution is 2.14. The molecule has 1 saturated heterocycles. The number of rotatable bonds is 7. The van der Waals surface area contributed by atoms with Crippen LogP contribution in [0.1, 0.15) is 13.3 Å². The predicted octanol–water partition coefficient (Wildman–Crippen LogP) is -0.160. The number of hydrogen-bond acceptors (Lipinski definition) is 4. The first-order valence-corrected chi connectivity index (χ1v) is 6.37. The molecule has 1 aliphatic heterocycles. The Hall–Kier alpha value is -0.160. The molecule has 0 radical (unpaired) electrons. The summed E-state index contributed by atoms with van der Waals surface area (Å²) in [6.45, 7) is 7.98. The number of likely N-dealkylation sites (N-methyl/N-ethyl adjacent to an activating group) is 2. The number of aliphatic hydroxyl groups excluding tert-OH is 1. The molecule has 1 aliphatic rings. The maximum atomic E-state index is 9.76. The van der Waals surface area contributed by atoms with Crippen LogP contribution in [-0.2, 0) is 0 Å². The van der Waals surface area contributed by atoms with Gasteiger partial charge in [-0.3, -0.25) is 0 Å². The zero-order valence-electron chi connectivity index (χ0n) is 10.9. The molecule has 4 nitrogen and oxygen atoms in total. The van der Waals surface area contributed by atoms with Gasteiger partial charge < -0.3 is 20.2 Å². The highest BCUT2D eigenvalue weighted by atomic mass is 16.3. The van der Waals surface area contributed by atoms with Crippen LogP contribution >= 0.6 is 0 Å². The summed E-state index contributed by atoms with van der Waals surface area (Å²) in [4.78, 5) is 4.64. The van der Waals surface area contributed by atoms with Crippen molar-refractivity contribution in [3.8, 4) is 0 Å². The van der Waals surface area contributed by atoms with Crippen molar-refractivity contribution in [2.45, 2.75) is 19.4 Å². The van der Waals surface area contributed by atoms with Crippen LogP contribution in [0, 0.1) is 5.92 Å². The zero-order valence-corrected chi connectivity index (χ0v) is 10.9. The van der Waals surface area contributed by atoms with Gasteiger partial charge in [0.2, 0.25) is 0 Å². The molecule has 0 saturated carbocycles. The molecule has 0 aromatic rings. The van der Waals surface area contributed by atoms with E-state index in [1.54, 1.807) is 0 Å². The average molecular weight is 229 g/mol. The standard InChI is InChI=1S/C12H27N3O/c1-4-13-7-12(16)10-15(3)9-11-5-6-14(2)8-11/h11-13,16H,4-10H2,1-3H3. The van der Waals surface area contributed by atoms with E-state index in [0.717, 1.165) is 25.6 Å². The number of nitrogens with zero attached hydrogens (tertiary/aromatic N) is 2. The van der Waals surface area contributed by atoms with E-state index in [1.165, 1.54) is 19.5 Å². The summed E-state index contributed by atoms with van der Waals surface area (Å²) < 4.78 is 0. The zero-order chi connectivity index (χ0) is 12.0. The van der Waals surface area contributed by atoms with Gasteiger partial charge in [0.15, 0.2) is 0 Å². The fourth-order valence-electron chi connectivity index (χ4n) is 2.43. The largest absolute Gasteiger partial charge is 0.390 e. The van der Waals surface area contributed by atoms with E-state index in [0.29, 0.717) is 6.54 Å². The Balaban J connectivity index is 2.12. The molecular weight excluding hydrogens is 202 g/mol. The molecule has 0 amide bonds. The van der Waals surface area contributed by atoms with Crippen LogP contribution in [0.15, 0.2) is 0 Å². The van der Waals surface area contributed by atoms with E-state index in [1.807, 2.05) is 0 Å². The molecule has 2 N–H and O–H groups in total. The minimum atomic E-state index is -0.246. The molecule has 0 aliphatic carbocycles. The highest BCUT2D eigenvalue weighted by Gasteiger charge is 2.21. The van der Waals surface area contributed by atoms with Crippen LogP contribution in [0.4, 0.5) is 0 Å². The van der Waals surface area contributed by atoms with E-state index in [2.05, 4.69) is 36.1 Å². The van der Waals surface area contributed by atoms with Gasteiger partial charge >= 0.3 is 0 Å². The molecule has 1 rings (SSSR count). The van der Waals surface area contributed by atoms with Crippen molar-refractivity contribution >= 4 is 0 Å². The molecule has 0 aromatic carbocycles. The lowest BCUT2D eigenvalue weighted by Gasteiger charge is -2.23. The van der Waals surface area contributed by atoms with Gasteiger partial charge in [0.25, 0.3) is 0 Å². The van der Waals surface area contributed by atoms with E-state index in [4.69, 9.17) is 0 Å². The van der Waals surface area contributed by atoms with Crippen LogP contribution < -0.4 is 5.32 Å². The van der Waals surface area contributed by atoms with E-state index >= 15 is 0 Å². The van der Waals surface area contributed by atoms with Crippen molar-refractivity contribution in [3.63, 3.8) is 0 Å². The SMILES string of the molecule is CCNCC(O)CN(C)CC1CCN(C)C1. The molecule has 1 heterocycles. The Morgan fingerprint density at radius 2 is 2.31 bits per heavy atom. The molecule has 2 unspecified atom stereocenters. The lowest BCUT2D eigenvalue weighted by atomic mass is 10.1. The number of likely N-dealkylation sites (tertiary alicyclic amines) is 1. The lowest BCUT2D eigenvalue weighted by molar-refractivity contribution is 0.117. The first-order valence-electron chi connectivity index (χ1n) is 6.37. The van der Waals surface area contributed by atoms with Gasteiger partial charge in [-0.1, -0.05) is 6.92 Å². The van der Waals surface area contributed by atoms with Crippen LogP contribution in [0.25, 0.3) is 0 Å². The van der Waals surface area contributed by atoms with Crippen molar-refractivity contribution < 1.29 is 5.11 Å². The third-order valence-corrected chi connectivity index (χ3v) is 3.21. The average Bonchev–Trinajstić information content (AvgIpc) is 2.60. The van der Waals surface area contributed by atoms with Crippen molar-refractivity contribution in [3.05, 3.63) is 0 Å². The second kappa shape index (κ2) is 7.22. The van der Waals surface area contributed by atoms with Gasteiger partial charge in [0, 0.05) is 26.2 Å². The van der Waals surface area contributed by atoms with Crippen LogP contribution in [0.3, 0.4) is 0 Å². The van der Waals surface area contributed by atoms with Gasteiger partial charge in [-0.25, -0.2) is 0 Å². The van der Waals surface area contributed by atoms with Gasteiger partial charge in [-0.15, -0.1) is 0 Å². The van der Waals surface area contributed by atoms with Crippen molar-refractivity contribution in [1.82, 2.24) is 15.1 Å². The second-order valence-corrected chi connectivity index (χ2v) is 5.10. The molecule has 2 atom stereocenters. The summed E-state index contributed by atoms with van der Waals surface area (Å²) in [6, 6.07) is 0. The third kappa shape index (κ3) is 5.25. The molecule has 1 fully saturated rings. The Bertz CT molecular complexity index is 189. The van der Waals surface area contributed by atoms with E-state index < -0.39 is 0 Å². The molecule has 0 bridgehead atoms. The van der Waals surface area contributed by atoms with Gasteiger partial charge in [-0.05, 0) is 39.5 Å². The maximum Gasteiger partial charge on any atom is 0.0791 e. The van der Waals surface area contributed by atoms with Crippen LogP contribution in [0.5, 0.6) is 0 Å². The fraction of sp³-hybridized carbons (Fsp3) is 1.00. The molecule has 0 spiro atoms. The Kier molecular flexibility index (Phi) is 6.28. The quantitative estimate of drug-likeness (QED) is 0.636. The van der Waals surface area contributed by atoms with Crippen LogP contribution in [0.2, 0.25) is 0 Å². The van der Waals surface area contributed by atoms with Gasteiger partial charge in [0.05, 0.1) is 6.10 Å². The van der Waals surface area contributed by atoms with Gasteiger partial charge in [-0.2, -0.15) is 0 Å². The first-order chi connectivity index (χ1) is 7.61. The maximum absolute atomic E-state index is 9.76. The Morgan fingerprint density at radius 3 is 2.88 bits per heavy atom. The topological polar surface area (TPSA) is 38.7 Å². The second-order valence-electron chi connectivity index (χ2n) is 5.10. The van der Waals surface area contributed by atoms with Crippen molar-refractivity contribution in [2.75, 3.05) is 53.4 Å². The molecule has 4 heteroatoms. The number of nitrogens with one attached hydrogen (secondary N) is 1. The molecular formula is C12H27N3O. The van der Waals surface area contributed by atoms with Gasteiger partial charge in [0.1, 0.15) is 0 Å². The third-order valence-electron chi connectivity index (χ3n) is 3.21. The van der Waals surface area contributed by atoms with E-state index in [9.17, 15) is 5.11 Å². The van der Waals surface area contributed by atoms with E-state index in [-0.39, 0.29) is 6.10 Å². The monoisotopic (exact) mass is 229 g/mol. The summed E-state index contributed by atoms with van der Waals surface area (Å²) in [5, 5.41) is 12.9. The Labute approximate surface area is 99.6 Å². The minimum absolute atomic E-state index is 0.246. The summed E-state index contributed by atoms with van der Waals surface area (Å²) in [6.07, 6.45) is 1.05. The molecule has 96 valence electrons. The van der Waals surface area contributed by atoms with Crippen molar-refractivity contribution in [2.24, 2.45) is 5.92 Å². The minimum Gasteiger partial charge on any atom is -0.390 e. The normalized spacial score (nSPS) is 24.2. The summed E-state index contributed by atoms with van der Waals surface area (Å²) >= 11 is 0. The number of hydrogen-bond donors (Lipinski definition) is 2. The number of aliphatic hydroxyl groups is 1. The van der Waals surface area contributed by atoms with Crippen molar-refractivity contribution in [1.29, 1.82) is 0 Å². The van der Waals surface area contributed by atoms with Crippen LogP contribution in [-0.4, -0.2) is 74.4 Å². The molecule has 0 aromatic heterocycles. The summed E-state index contributed by atoms with van der Waals surface area (Å²) in [5.74, 6) is 0.779. The smallest absolute Gasteiger partial charge is 0.0791 e. The summed E-state index contributed by atoms with van der Waals surface area (Å²) in [7, 11) is 4.29. The molecule has 16 heavy (non-hydrogen) atoms. The summed E-state index contributed by atoms with van der Waals surface area (Å²) in [5.41, 5.74) is 0. The predicted molar refractivity (Wildman–Crippen MR) is 67.7 cm³/mol. The first kappa shape index (κ1) is 13.9.